The van der Waals surface area contributed by atoms with Gasteiger partial charge in [0.1, 0.15) is 12.1 Å². The number of piperidine rings is 1. The van der Waals surface area contributed by atoms with Crippen LogP contribution in [0.15, 0.2) is 70.3 Å². The molecule has 34 heavy (non-hydrogen) atoms. The molecule has 1 aliphatic heterocycles. The molecule has 2 heterocycles. The maximum Gasteiger partial charge on any atom is 0.226 e. The number of benzene rings is 2. The lowest BCUT2D eigenvalue weighted by Gasteiger charge is -2.33. The minimum absolute atomic E-state index is 0. The molecular weight excluding hydrogens is 544 g/mol. The Kier molecular flexibility index (Phi) is 10.3. The minimum atomic E-state index is -0.273. The summed E-state index contributed by atoms with van der Waals surface area (Å²) in [6.07, 6.45) is 4.52. The molecule has 3 aromatic rings. The van der Waals surface area contributed by atoms with Gasteiger partial charge in [-0.3, -0.25) is 9.89 Å². The first-order valence-electron chi connectivity index (χ1n) is 11.7. The Labute approximate surface area is 218 Å². The first-order chi connectivity index (χ1) is 16.2. The standard InChI is InChI=1S/C26H32FN5O.HI/c1-2-28-26(31-23-13-16-32(17-14-23)18-20-6-4-3-5-7-20)29-15-12-24-19-33-25(30-24)21-8-10-22(27)11-9-21;/h3-11,19,23H,2,12-18H2,1H3,(H2,28,29,31);1H. The van der Waals surface area contributed by atoms with Gasteiger partial charge in [0.2, 0.25) is 5.89 Å². The highest BCUT2D eigenvalue weighted by molar-refractivity contribution is 14.0. The zero-order valence-electron chi connectivity index (χ0n) is 19.5. The molecule has 0 saturated carbocycles. The Balaban J connectivity index is 0.00000324. The fraction of sp³-hybridized carbons (Fsp3) is 0.385. The SMILES string of the molecule is CCNC(=NCCc1coc(-c2ccc(F)cc2)n1)NC1CCN(Cc2ccccc2)CC1.I. The summed E-state index contributed by atoms with van der Waals surface area (Å²) in [5.41, 5.74) is 2.97. The number of likely N-dealkylation sites (tertiary alicyclic amines) is 1. The molecule has 0 bridgehead atoms. The lowest BCUT2D eigenvalue weighted by atomic mass is 10.0. The summed E-state index contributed by atoms with van der Waals surface area (Å²) in [5, 5.41) is 6.95. The van der Waals surface area contributed by atoms with Crippen LogP contribution in [0.1, 0.15) is 31.0 Å². The number of oxazole rings is 1. The van der Waals surface area contributed by atoms with Crippen molar-refractivity contribution >= 4 is 29.9 Å². The lowest BCUT2D eigenvalue weighted by Crippen LogP contribution is -2.48. The van der Waals surface area contributed by atoms with Gasteiger partial charge in [0.05, 0.1) is 5.69 Å². The molecule has 0 atom stereocenters. The molecule has 1 saturated heterocycles. The molecule has 6 nitrogen and oxygen atoms in total. The molecule has 1 fully saturated rings. The molecule has 1 aliphatic rings. The number of guanidine groups is 1. The highest BCUT2D eigenvalue weighted by Crippen LogP contribution is 2.19. The Morgan fingerprint density at radius 3 is 2.56 bits per heavy atom. The third kappa shape index (κ3) is 7.80. The molecule has 1 aromatic heterocycles. The number of nitrogens with zero attached hydrogens (tertiary/aromatic N) is 3. The third-order valence-corrected chi connectivity index (χ3v) is 5.80. The highest BCUT2D eigenvalue weighted by atomic mass is 127. The Morgan fingerprint density at radius 2 is 1.85 bits per heavy atom. The maximum atomic E-state index is 13.1. The van der Waals surface area contributed by atoms with Gasteiger partial charge in [0.25, 0.3) is 0 Å². The van der Waals surface area contributed by atoms with E-state index in [0.29, 0.717) is 24.9 Å². The first kappa shape index (κ1) is 26.2. The summed E-state index contributed by atoms with van der Waals surface area (Å²) in [5.74, 6) is 1.08. The fourth-order valence-corrected chi connectivity index (χ4v) is 4.02. The third-order valence-electron chi connectivity index (χ3n) is 5.80. The lowest BCUT2D eigenvalue weighted by molar-refractivity contribution is 0.198. The van der Waals surface area contributed by atoms with E-state index >= 15 is 0 Å². The average molecular weight is 577 g/mol. The zero-order chi connectivity index (χ0) is 22.9. The van der Waals surface area contributed by atoms with Gasteiger partial charge >= 0.3 is 0 Å². The number of aromatic nitrogens is 1. The van der Waals surface area contributed by atoms with Crippen molar-refractivity contribution in [2.24, 2.45) is 4.99 Å². The van der Waals surface area contributed by atoms with Crippen molar-refractivity contribution in [2.45, 2.75) is 38.8 Å². The van der Waals surface area contributed by atoms with Gasteiger partial charge in [-0.25, -0.2) is 9.37 Å². The van der Waals surface area contributed by atoms with Crippen molar-refractivity contribution in [3.63, 3.8) is 0 Å². The second kappa shape index (κ2) is 13.4. The van der Waals surface area contributed by atoms with E-state index < -0.39 is 0 Å². The topological polar surface area (TPSA) is 65.7 Å². The fourth-order valence-electron chi connectivity index (χ4n) is 4.02. The van der Waals surface area contributed by atoms with Crippen molar-refractivity contribution in [1.82, 2.24) is 20.5 Å². The summed E-state index contributed by atoms with van der Waals surface area (Å²) in [7, 11) is 0. The van der Waals surface area contributed by atoms with Crippen LogP contribution >= 0.6 is 24.0 Å². The van der Waals surface area contributed by atoms with Gasteiger partial charge < -0.3 is 15.1 Å². The van der Waals surface area contributed by atoms with Gasteiger partial charge in [0, 0.05) is 50.7 Å². The van der Waals surface area contributed by atoms with Crippen molar-refractivity contribution in [3.8, 4) is 11.5 Å². The molecule has 2 N–H and O–H groups in total. The molecule has 0 amide bonds. The molecular formula is C26H33FIN5O. The predicted octanol–water partition coefficient (Wildman–Crippen LogP) is 4.86. The van der Waals surface area contributed by atoms with Crippen LogP contribution in [0.3, 0.4) is 0 Å². The van der Waals surface area contributed by atoms with Crippen LogP contribution in [0, 0.1) is 5.82 Å². The summed E-state index contributed by atoms with van der Waals surface area (Å²) >= 11 is 0. The van der Waals surface area contributed by atoms with Crippen LogP contribution in [-0.2, 0) is 13.0 Å². The number of nitrogens with one attached hydrogen (secondary N) is 2. The summed E-state index contributed by atoms with van der Waals surface area (Å²) in [4.78, 5) is 11.8. The largest absolute Gasteiger partial charge is 0.444 e. The summed E-state index contributed by atoms with van der Waals surface area (Å²) in [6, 6.07) is 17.2. The van der Waals surface area contributed by atoms with Crippen molar-refractivity contribution in [2.75, 3.05) is 26.2 Å². The molecule has 4 rings (SSSR count). The molecule has 0 unspecified atom stereocenters. The van der Waals surface area contributed by atoms with E-state index in [4.69, 9.17) is 9.41 Å². The smallest absolute Gasteiger partial charge is 0.226 e. The molecule has 0 spiro atoms. The van der Waals surface area contributed by atoms with Crippen LogP contribution in [0.4, 0.5) is 4.39 Å². The van der Waals surface area contributed by atoms with E-state index in [9.17, 15) is 4.39 Å². The van der Waals surface area contributed by atoms with E-state index in [1.807, 2.05) is 0 Å². The van der Waals surface area contributed by atoms with Gasteiger partial charge in [-0.05, 0) is 49.6 Å². The summed E-state index contributed by atoms with van der Waals surface area (Å²) < 4.78 is 18.7. The predicted molar refractivity (Wildman–Crippen MR) is 145 cm³/mol. The second-order valence-corrected chi connectivity index (χ2v) is 8.34. The average Bonchev–Trinajstić information content (AvgIpc) is 3.30. The molecule has 8 heteroatoms. The second-order valence-electron chi connectivity index (χ2n) is 8.34. The molecule has 0 radical (unpaired) electrons. The van der Waals surface area contributed by atoms with Crippen molar-refractivity contribution in [3.05, 3.63) is 77.9 Å². The van der Waals surface area contributed by atoms with Crippen molar-refractivity contribution < 1.29 is 8.81 Å². The Bertz CT molecular complexity index is 1020. The van der Waals surface area contributed by atoms with Crippen LogP contribution < -0.4 is 10.6 Å². The normalized spacial score (nSPS) is 15.1. The number of rotatable bonds is 8. The van der Waals surface area contributed by atoms with Gasteiger partial charge in [-0.15, -0.1) is 24.0 Å². The Morgan fingerprint density at radius 1 is 1.12 bits per heavy atom. The molecule has 2 aromatic carbocycles. The molecule has 0 aliphatic carbocycles. The van der Waals surface area contributed by atoms with E-state index in [-0.39, 0.29) is 29.8 Å². The quantitative estimate of drug-likeness (QED) is 0.228. The van der Waals surface area contributed by atoms with E-state index in [1.165, 1.54) is 17.7 Å². The number of hydrogen-bond acceptors (Lipinski definition) is 4. The highest BCUT2D eigenvalue weighted by Gasteiger charge is 2.20. The Hall–Kier alpha value is -2.46. The van der Waals surface area contributed by atoms with Gasteiger partial charge in [-0.2, -0.15) is 0 Å². The molecule has 182 valence electrons. The van der Waals surface area contributed by atoms with E-state index in [1.54, 1.807) is 18.4 Å². The zero-order valence-corrected chi connectivity index (χ0v) is 21.9. The maximum absolute atomic E-state index is 13.1. The van der Waals surface area contributed by atoms with E-state index in [0.717, 1.165) is 56.2 Å². The van der Waals surface area contributed by atoms with Gasteiger partial charge in [0.15, 0.2) is 5.96 Å². The minimum Gasteiger partial charge on any atom is -0.444 e. The monoisotopic (exact) mass is 577 g/mol. The van der Waals surface area contributed by atoms with Crippen LogP contribution in [0.2, 0.25) is 0 Å². The van der Waals surface area contributed by atoms with Gasteiger partial charge in [-0.1, -0.05) is 30.3 Å². The number of aliphatic imine (C=N–C) groups is 1. The van der Waals surface area contributed by atoms with E-state index in [2.05, 4.69) is 57.8 Å². The number of hydrogen-bond donors (Lipinski definition) is 2. The van der Waals surface area contributed by atoms with Crippen LogP contribution in [0.25, 0.3) is 11.5 Å². The summed E-state index contributed by atoms with van der Waals surface area (Å²) in [6.45, 7) is 6.68. The van der Waals surface area contributed by atoms with Crippen molar-refractivity contribution in [1.29, 1.82) is 0 Å². The van der Waals surface area contributed by atoms with Crippen LogP contribution in [-0.4, -0.2) is 48.1 Å². The first-order valence-corrected chi connectivity index (χ1v) is 11.7. The number of halogens is 2. The van der Waals surface area contributed by atoms with Crippen LogP contribution in [0.5, 0.6) is 0 Å².